The average Bonchev–Trinajstić information content (AvgIpc) is 3.06. The van der Waals surface area contributed by atoms with Crippen molar-refractivity contribution in [2.24, 2.45) is 0 Å². The van der Waals surface area contributed by atoms with Crippen molar-refractivity contribution in [3.63, 3.8) is 0 Å². The fourth-order valence-electron chi connectivity index (χ4n) is 5.20. The van der Waals surface area contributed by atoms with Crippen LogP contribution in [0.3, 0.4) is 0 Å². The lowest BCUT2D eigenvalue weighted by Crippen LogP contribution is -2.64. The summed E-state index contributed by atoms with van der Waals surface area (Å²) in [7, 11) is 0. The number of para-hydroxylation sites is 1. The van der Waals surface area contributed by atoms with E-state index in [1.165, 1.54) is 6.33 Å². The quantitative estimate of drug-likeness (QED) is 0.426. The third kappa shape index (κ3) is 3.14. The van der Waals surface area contributed by atoms with Gasteiger partial charge in [0, 0.05) is 52.2 Å². The highest BCUT2D eigenvalue weighted by molar-refractivity contribution is 7.88. The molecule has 0 saturated carbocycles. The molecule has 34 heavy (non-hydrogen) atoms. The molecule has 2 aromatic heterocycles. The highest BCUT2D eigenvalue weighted by atomic mass is 32.2. The molecule has 2 aromatic carbocycles. The van der Waals surface area contributed by atoms with Crippen LogP contribution in [-0.2, 0) is 28.1 Å². The average molecular weight is 470 g/mol. The Hall–Kier alpha value is -3.33. The number of nitrogens with zero attached hydrogens (tertiary/aromatic N) is 5. The molecule has 8 heteroatoms. The van der Waals surface area contributed by atoms with Gasteiger partial charge in [0.05, 0.1) is 25.3 Å². The zero-order chi connectivity index (χ0) is 23.4. The van der Waals surface area contributed by atoms with Gasteiger partial charge in [-0.3, -0.25) is 9.78 Å². The molecule has 1 spiro atoms. The van der Waals surface area contributed by atoms with E-state index in [0.717, 1.165) is 44.4 Å². The fraction of sp³-hybridized carbons (Fsp3) is 0.231. The molecule has 1 amide bonds. The van der Waals surface area contributed by atoms with E-state index in [4.69, 9.17) is 4.98 Å². The van der Waals surface area contributed by atoms with E-state index in [0.29, 0.717) is 19.6 Å². The molecule has 0 radical (unpaired) electrons. The number of carbonyl (C=O) groups is 1. The molecule has 1 saturated heterocycles. The number of aromatic nitrogens is 3. The molecular weight excluding hydrogens is 446 g/mol. The van der Waals surface area contributed by atoms with Crippen LogP contribution >= 0.6 is 0 Å². The number of anilines is 1. The Balaban J connectivity index is 1.46. The molecule has 0 aliphatic carbocycles. The first-order valence-electron chi connectivity index (χ1n) is 11.1. The van der Waals surface area contributed by atoms with Crippen molar-refractivity contribution in [1.82, 2.24) is 19.3 Å². The van der Waals surface area contributed by atoms with Gasteiger partial charge in [-0.15, -0.1) is 4.31 Å². The van der Waals surface area contributed by atoms with Crippen LogP contribution in [-0.4, -0.2) is 49.1 Å². The van der Waals surface area contributed by atoms with Crippen molar-refractivity contribution in [1.29, 1.82) is 0 Å². The Morgan fingerprint density at radius 2 is 1.85 bits per heavy atom. The summed E-state index contributed by atoms with van der Waals surface area (Å²) in [6.07, 6.45) is 8.61. The van der Waals surface area contributed by atoms with E-state index in [9.17, 15) is 9.35 Å². The maximum absolute atomic E-state index is 13.8. The second kappa shape index (κ2) is 7.87. The molecule has 6 rings (SSSR count). The van der Waals surface area contributed by atoms with E-state index in [-0.39, 0.29) is 5.91 Å². The Bertz CT molecular complexity index is 1420. The zero-order valence-corrected chi connectivity index (χ0v) is 19.7. The summed E-state index contributed by atoms with van der Waals surface area (Å²) in [6.45, 7) is 3.32. The number of fused-ring (bicyclic) bond motifs is 3. The molecule has 1 atom stereocenters. The SMILES string of the molecule is Cc1ccc2c(-c3cncnc3)c(CN3C(=O)C4(CN([S+](C)[O-])C4)c4ccccc43)ncc2c1. The number of amides is 1. The first kappa shape index (κ1) is 21.2. The van der Waals surface area contributed by atoms with Crippen molar-refractivity contribution < 1.29 is 9.35 Å². The van der Waals surface area contributed by atoms with Crippen LogP contribution in [0.2, 0.25) is 0 Å². The lowest BCUT2D eigenvalue weighted by Gasteiger charge is -2.44. The van der Waals surface area contributed by atoms with Gasteiger partial charge in [-0.1, -0.05) is 35.9 Å². The van der Waals surface area contributed by atoms with E-state index in [1.807, 2.05) is 39.7 Å². The Morgan fingerprint density at radius 3 is 2.62 bits per heavy atom. The second-order valence-electron chi connectivity index (χ2n) is 9.01. The van der Waals surface area contributed by atoms with Gasteiger partial charge in [-0.25, -0.2) is 9.97 Å². The predicted molar refractivity (Wildman–Crippen MR) is 132 cm³/mol. The van der Waals surface area contributed by atoms with Crippen molar-refractivity contribution >= 4 is 33.7 Å². The summed E-state index contributed by atoms with van der Waals surface area (Å²) < 4.78 is 13.8. The molecule has 1 fully saturated rings. The maximum Gasteiger partial charge on any atom is 0.241 e. The lowest BCUT2D eigenvalue weighted by atomic mass is 9.76. The number of pyridine rings is 1. The molecule has 4 aromatic rings. The molecule has 170 valence electrons. The van der Waals surface area contributed by atoms with Crippen molar-refractivity contribution in [2.45, 2.75) is 18.9 Å². The van der Waals surface area contributed by atoms with Gasteiger partial charge in [0.1, 0.15) is 18.0 Å². The van der Waals surface area contributed by atoms with Crippen LogP contribution in [0.25, 0.3) is 21.9 Å². The monoisotopic (exact) mass is 469 g/mol. The summed E-state index contributed by atoms with van der Waals surface area (Å²) in [5.74, 6) is 0.0384. The molecule has 2 aliphatic rings. The highest BCUT2D eigenvalue weighted by Gasteiger charge is 2.60. The molecule has 0 bridgehead atoms. The molecule has 4 heterocycles. The number of hydrogen-bond donors (Lipinski definition) is 0. The standard InChI is InChI=1S/C26H23N5O2S/c1-17-7-8-20-18(9-17)12-29-22(24(20)19-10-27-16-28-11-19)13-31-23-6-4-3-5-21(23)26(25(31)32)14-30(15-26)34(2)33/h3-12,16H,13-15H2,1-2H3. The van der Waals surface area contributed by atoms with Crippen LogP contribution < -0.4 is 4.90 Å². The minimum atomic E-state index is -1.10. The first-order chi connectivity index (χ1) is 16.5. The minimum absolute atomic E-state index is 0.0384. The van der Waals surface area contributed by atoms with Crippen LogP contribution in [0.1, 0.15) is 16.8 Å². The second-order valence-corrected chi connectivity index (χ2v) is 10.4. The Labute approximate surface area is 200 Å². The van der Waals surface area contributed by atoms with E-state index < -0.39 is 16.8 Å². The maximum atomic E-state index is 13.8. The molecule has 2 aliphatic heterocycles. The van der Waals surface area contributed by atoms with Crippen molar-refractivity contribution in [2.75, 3.05) is 24.2 Å². The fourth-order valence-corrected chi connectivity index (χ4v) is 6.01. The van der Waals surface area contributed by atoms with Gasteiger partial charge in [0.15, 0.2) is 0 Å². The van der Waals surface area contributed by atoms with Gasteiger partial charge in [-0.05, 0) is 30.0 Å². The summed E-state index contributed by atoms with van der Waals surface area (Å²) in [5, 5.41) is 2.09. The van der Waals surface area contributed by atoms with Gasteiger partial charge in [0.2, 0.25) is 5.91 Å². The lowest BCUT2D eigenvalue weighted by molar-refractivity contribution is -0.127. The van der Waals surface area contributed by atoms with Crippen LogP contribution in [0.4, 0.5) is 5.69 Å². The van der Waals surface area contributed by atoms with Crippen molar-refractivity contribution in [3.8, 4) is 11.1 Å². The third-order valence-electron chi connectivity index (χ3n) is 6.90. The predicted octanol–water partition coefficient (Wildman–Crippen LogP) is 3.39. The van der Waals surface area contributed by atoms with E-state index in [2.05, 4.69) is 35.1 Å². The van der Waals surface area contributed by atoms with Gasteiger partial charge < -0.3 is 9.45 Å². The van der Waals surface area contributed by atoms with Gasteiger partial charge in [0.25, 0.3) is 0 Å². The van der Waals surface area contributed by atoms with Crippen molar-refractivity contribution in [3.05, 3.63) is 84.2 Å². The molecule has 7 nitrogen and oxygen atoms in total. The number of benzene rings is 2. The largest absolute Gasteiger partial charge is 0.598 e. The Kier molecular flexibility index (Phi) is 4.91. The number of aryl methyl sites for hydroxylation is 1. The van der Waals surface area contributed by atoms with Crippen LogP contribution in [0, 0.1) is 6.92 Å². The molecule has 0 N–H and O–H groups in total. The third-order valence-corrected chi connectivity index (χ3v) is 7.89. The number of carbonyl (C=O) groups excluding carboxylic acids is 1. The zero-order valence-electron chi connectivity index (χ0n) is 18.9. The molecule has 1 unspecified atom stereocenters. The highest BCUT2D eigenvalue weighted by Crippen LogP contribution is 2.48. The number of rotatable bonds is 4. The van der Waals surface area contributed by atoms with E-state index >= 15 is 0 Å². The van der Waals surface area contributed by atoms with Crippen LogP contribution in [0.15, 0.2) is 67.4 Å². The Morgan fingerprint density at radius 1 is 1.09 bits per heavy atom. The summed E-state index contributed by atoms with van der Waals surface area (Å²) in [5.41, 5.74) is 5.01. The summed E-state index contributed by atoms with van der Waals surface area (Å²) in [6, 6.07) is 14.2. The first-order valence-corrected chi connectivity index (χ1v) is 12.6. The van der Waals surface area contributed by atoms with Gasteiger partial charge in [-0.2, -0.15) is 0 Å². The normalized spacial score (nSPS) is 17.7. The smallest absolute Gasteiger partial charge is 0.241 e. The van der Waals surface area contributed by atoms with E-state index in [1.54, 1.807) is 18.6 Å². The minimum Gasteiger partial charge on any atom is -0.598 e. The van der Waals surface area contributed by atoms with Gasteiger partial charge >= 0.3 is 0 Å². The van der Waals surface area contributed by atoms with Crippen LogP contribution in [0.5, 0.6) is 0 Å². The molecular formula is C26H23N5O2S. The summed E-state index contributed by atoms with van der Waals surface area (Å²) >= 11 is -1.10. The number of hydrogen-bond acceptors (Lipinski definition) is 6. The summed E-state index contributed by atoms with van der Waals surface area (Å²) in [4.78, 5) is 29.0. The topological polar surface area (TPSA) is 85.3 Å².